The number of benzene rings is 1. The van der Waals surface area contributed by atoms with E-state index in [1.165, 1.54) is 0 Å². The van der Waals surface area contributed by atoms with Crippen molar-refractivity contribution >= 4 is 25.2 Å². The minimum absolute atomic E-state index is 0.290. The quantitative estimate of drug-likeness (QED) is 0.791. The predicted molar refractivity (Wildman–Crippen MR) is 102 cm³/mol. The molecule has 1 atom stereocenters. The normalized spacial score (nSPS) is 30.1. The standard InChI is InChI=1S/C19H30B2O4/c1-9-19(8)18(6,7)24-21(25-19)15-12-10-14(11-13-15)20-22-16(2,3)17(4,5)23-20/h10-13H,9H2,1-8H3. The molecule has 0 amide bonds. The van der Waals surface area contributed by atoms with Crippen LogP contribution in [0.25, 0.3) is 0 Å². The second-order valence-corrected chi connectivity index (χ2v) is 8.92. The summed E-state index contributed by atoms with van der Waals surface area (Å²) in [5.74, 6) is 0. The van der Waals surface area contributed by atoms with Gasteiger partial charge in [0, 0.05) is 0 Å². The van der Waals surface area contributed by atoms with Crippen molar-refractivity contribution in [1.29, 1.82) is 0 Å². The molecule has 0 spiro atoms. The Hall–Kier alpha value is -0.810. The molecule has 2 heterocycles. The van der Waals surface area contributed by atoms with Crippen LogP contribution >= 0.6 is 0 Å². The average Bonchev–Trinajstić information content (AvgIpc) is 2.89. The Kier molecular flexibility index (Phi) is 4.44. The summed E-state index contributed by atoms with van der Waals surface area (Å²) in [5, 5.41) is 0. The van der Waals surface area contributed by atoms with Crippen LogP contribution in [0.15, 0.2) is 24.3 Å². The molecular formula is C19H30B2O4. The zero-order valence-corrected chi connectivity index (χ0v) is 16.8. The van der Waals surface area contributed by atoms with Gasteiger partial charge in [-0.2, -0.15) is 0 Å². The highest BCUT2D eigenvalue weighted by Crippen LogP contribution is 2.39. The van der Waals surface area contributed by atoms with E-state index in [9.17, 15) is 0 Å². The second kappa shape index (κ2) is 5.85. The Labute approximate surface area is 152 Å². The summed E-state index contributed by atoms with van der Waals surface area (Å²) in [5.41, 5.74) is 0.754. The first-order valence-electron chi connectivity index (χ1n) is 9.22. The fraction of sp³-hybridized carbons (Fsp3) is 0.684. The van der Waals surface area contributed by atoms with Gasteiger partial charge in [0.2, 0.25) is 0 Å². The molecule has 0 saturated carbocycles. The molecule has 136 valence electrons. The van der Waals surface area contributed by atoms with E-state index in [0.29, 0.717) is 0 Å². The zero-order chi connectivity index (χ0) is 18.7. The lowest BCUT2D eigenvalue weighted by atomic mass is 9.74. The van der Waals surface area contributed by atoms with Gasteiger partial charge in [-0.25, -0.2) is 0 Å². The van der Waals surface area contributed by atoms with Gasteiger partial charge in [-0.05, 0) is 65.8 Å². The van der Waals surface area contributed by atoms with Crippen LogP contribution < -0.4 is 10.9 Å². The summed E-state index contributed by atoms with van der Waals surface area (Å²) in [6, 6.07) is 8.17. The topological polar surface area (TPSA) is 36.9 Å². The van der Waals surface area contributed by atoms with Gasteiger partial charge in [0.05, 0.1) is 22.4 Å². The molecular weight excluding hydrogens is 314 g/mol. The molecule has 1 unspecified atom stereocenters. The van der Waals surface area contributed by atoms with E-state index in [1.54, 1.807) is 0 Å². The molecule has 2 aliphatic rings. The van der Waals surface area contributed by atoms with Crippen molar-refractivity contribution < 1.29 is 18.6 Å². The summed E-state index contributed by atoms with van der Waals surface area (Å²) in [7, 11) is -0.686. The van der Waals surface area contributed by atoms with Gasteiger partial charge in [0.15, 0.2) is 0 Å². The van der Waals surface area contributed by atoms with Gasteiger partial charge in [0.25, 0.3) is 0 Å². The zero-order valence-electron chi connectivity index (χ0n) is 16.8. The molecule has 2 saturated heterocycles. The third-order valence-electron chi connectivity index (χ3n) is 6.45. The van der Waals surface area contributed by atoms with Crippen LogP contribution in [0.4, 0.5) is 0 Å². The van der Waals surface area contributed by atoms with Crippen LogP contribution in [0.3, 0.4) is 0 Å². The molecule has 0 bridgehead atoms. The minimum Gasteiger partial charge on any atom is -0.399 e. The van der Waals surface area contributed by atoms with E-state index in [1.807, 2.05) is 24.3 Å². The molecule has 6 heteroatoms. The number of hydrogen-bond donors (Lipinski definition) is 0. The van der Waals surface area contributed by atoms with Crippen molar-refractivity contribution in [2.45, 2.75) is 84.2 Å². The average molecular weight is 344 g/mol. The first kappa shape index (κ1) is 19.0. The molecule has 25 heavy (non-hydrogen) atoms. The van der Waals surface area contributed by atoms with Crippen LogP contribution in [0.1, 0.15) is 61.8 Å². The van der Waals surface area contributed by atoms with Gasteiger partial charge in [-0.15, -0.1) is 0 Å². The smallest absolute Gasteiger partial charge is 0.399 e. The molecule has 1 aromatic carbocycles. The Bertz CT molecular complexity index is 625. The second-order valence-electron chi connectivity index (χ2n) is 8.92. The molecule has 2 aliphatic heterocycles. The highest BCUT2D eigenvalue weighted by molar-refractivity contribution is 6.64. The number of hydrogen-bond acceptors (Lipinski definition) is 4. The van der Waals surface area contributed by atoms with Crippen LogP contribution in [-0.2, 0) is 18.6 Å². The van der Waals surface area contributed by atoms with E-state index in [4.69, 9.17) is 18.6 Å². The molecule has 4 nitrogen and oxygen atoms in total. The summed E-state index contributed by atoms with van der Waals surface area (Å²) in [4.78, 5) is 0. The SMILES string of the molecule is CCC1(C)OB(c2ccc(B3OC(C)(C)C(C)(C)O3)cc2)OC1(C)C. The Morgan fingerprint density at radius 2 is 1.00 bits per heavy atom. The third kappa shape index (κ3) is 3.08. The molecule has 0 aromatic heterocycles. The summed E-state index contributed by atoms with van der Waals surface area (Å²) < 4.78 is 24.7. The van der Waals surface area contributed by atoms with Crippen molar-refractivity contribution in [3.63, 3.8) is 0 Å². The minimum atomic E-state index is -0.346. The Balaban J connectivity index is 1.76. The Morgan fingerprint density at radius 3 is 1.36 bits per heavy atom. The highest BCUT2D eigenvalue weighted by atomic mass is 16.7. The van der Waals surface area contributed by atoms with Crippen molar-refractivity contribution in [1.82, 2.24) is 0 Å². The lowest BCUT2D eigenvalue weighted by molar-refractivity contribution is -0.0118. The van der Waals surface area contributed by atoms with E-state index < -0.39 is 0 Å². The molecule has 3 rings (SSSR count). The van der Waals surface area contributed by atoms with Crippen molar-refractivity contribution in [3.05, 3.63) is 24.3 Å². The summed E-state index contributed by atoms with van der Waals surface area (Å²) in [6.45, 7) is 16.7. The third-order valence-corrected chi connectivity index (χ3v) is 6.45. The highest BCUT2D eigenvalue weighted by Gasteiger charge is 2.54. The van der Waals surface area contributed by atoms with Gasteiger partial charge in [-0.1, -0.05) is 31.2 Å². The van der Waals surface area contributed by atoms with E-state index >= 15 is 0 Å². The van der Waals surface area contributed by atoms with Crippen LogP contribution in [0, 0.1) is 0 Å². The van der Waals surface area contributed by atoms with Crippen molar-refractivity contribution in [2.24, 2.45) is 0 Å². The van der Waals surface area contributed by atoms with Gasteiger partial charge in [0.1, 0.15) is 0 Å². The predicted octanol–water partition coefficient (Wildman–Crippen LogP) is 2.68. The molecule has 0 aliphatic carbocycles. The van der Waals surface area contributed by atoms with Crippen molar-refractivity contribution in [2.75, 3.05) is 0 Å². The molecule has 1 aromatic rings. The van der Waals surface area contributed by atoms with Crippen molar-refractivity contribution in [3.8, 4) is 0 Å². The number of rotatable bonds is 3. The first-order chi connectivity index (χ1) is 11.4. The van der Waals surface area contributed by atoms with Gasteiger partial charge < -0.3 is 18.6 Å². The molecule has 2 fully saturated rings. The lowest BCUT2D eigenvalue weighted by Crippen LogP contribution is -2.44. The maximum absolute atomic E-state index is 6.25. The van der Waals surface area contributed by atoms with Gasteiger partial charge >= 0.3 is 14.2 Å². The fourth-order valence-electron chi connectivity index (χ4n) is 3.23. The largest absolute Gasteiger partial charge is 0.494 e. The maximum Gasteiger partial charge on any atom is 0.494 e. The first-order valence-corrected chi connectivity index (χ1v) is 9.22. The van der Waals surface area contributed by atoms with E-state index in [0.717, 1.165) is 17.3 Å². The Morgan fingerprint density at radius 1 is 0.640 bits per heavy atom. The van der Waals surface area contributed by atoms with E-state index in [-0.39, 0.29) is 36.6 Å². The van der Waals surface area contributed by atoms with E-state index in [2.05, 4.69) is 55.4 Å². The van der Waals surface area contributed by atoms with Crippen LogP contribution in [0.5, 0.6) is 0 Å². The van der Waals surface area contributed by atoms with Gasteiger partial charge in [-0.3, -0.25) is 0 Å². The van der Waals surface area contributed by atoms with Crippen LogP contribution in [0.2, 0.25) is 0 Å². The summed E-state index contributed by atoms with van der Waals surface area (Å²) in [6.07, 6.45) is 0.905. The maximum atomic E-state index is 6.25. The fourth-order valence-corrected chi connectivity index (χ4v) is 3.23. The molecule has 0 radical (unpaired) electrons. The van der Waals surface area contributed by atoms with Crippen LogP contribution in [-0.4, -0.2) is 36.6 Å². The lowest BCUT2D eigenvalue weighted by Gasteiger charge is -2.35. The monoisotopic (exact) mass is 344 g/mol. The summed E-state index contributed by atoms with van der Waals surface area (Å²) >= 11 is 0. The molecule has 0 N–H and O–H groups in total.